The fourth-order valence-corrected chi connectivity index (χ4v) is 5.18. The topological polar surface area (TPSA) is 152 Å². The van der Waals surface area contributed by atoms with Crippen molar-refractivity contribution in [3.63, 3.8) is 0 Å². The highest BCUT2D eigenvalue weighted by molar-refractivity contribution is 7.88. The number of carboxylic acids is 1. The number of anilines is 2. The van der Waals surface area contributed by atoms with Gasteiger partial charge in [0.15, 0.2) is 17.2 Å². The summed E-state index contributed by atoms with van der Waals surface area (Å²) in [7, 11) is -3.30. The summed E-state index contributed by atoms with van der Waals surface area (Å²) in [5.41, 5.74) is 2.99. The number of nitriles is 1. The highest BCUT2D eigenvalue weighted by Gasteiger charge is 2.27. The van der Waals surface area contributed by atoms with Gasteiger partial charge in [0.2, 0.25) is 10.0 Å². The minimum absolute atomic E-state index is 0.0714. The van der Waals surface area contributed by atoms with Crippen LogP contribution in [0.1, 0.15) is 40.3 Å². The zero-order chi connectivity index (χ0) is 26.2. The second-order valence-corrected chi connectivity index (χ2v) is 10.9. The Kier molecular flexibility index (Phi) is 6.99. The van der Waals surface area contributed by atoms with E-state index in [1.54, 1.807) is 6.07 Å². The maximum atomic E-state index is 11.9. The molecule has 1 aromatic carbocycles. The number of pyridine rings is 1. The lowest BCUT2D eigenvalue weighted by atomic mass is 10.0. The summed E-state index contributed by atoms with van der Waals surface area (Å²) in [6.45, 7) is 5.06. The van der Waals surface area contributed by atoms with Gasteiger partial charge in [0, 0.05) is 31.7 Å². The van der Waals surface area contributed by atoms with E-state index in [2.05, 4.69) is 21.4 Å². The van der Waals surface area contributed by atoms with E-state index in [1.807, 2.05) is 30.9 Å². The molecule has 1 atom stereocenters. The Morgan fingerprint density at radius 2 is 1.89 bits per heavy atom. The van der Waals surface area contributed by atoms with E-state index in [-0.39, 0.29) is 29.6 Å². The molecule has 2 aromatic heterocycles. The van der Waals surface area contributed by atoms with Crippen molar-refractivity contribution in [1.82, 2.24) is 19.3 Å². The number of aryl methyl sites for hydroxylation is 1. The third-order valence-electron chi connectivity index (χ3n) is 5.94. The molecule has 1 aliphatic rings. The van der Waals surface area contributed by atoms with Crippen molar-refractivity contribution in [2.75, 3.05) is 42.7 Å². The molecular weight excluding hydrogens is 506 g/mol. The Hall–Kier alpha value is -3.53. The first kappa shape index (κ1) is 25.6. The van der Waals surface area contributed by atoms with Gasteiger partial charge in [-0.05, 0) is 37.6 Å². The van der Waals surface area contributed by atoms with Gasteiger partial charge in [-0.2, -0.15) is 9.57 Å². The lowest BCUT2D eigenvalue weighted by molar-refractivity contribution is 0.0691. The fraction of sp³-hybridized carbons (Fsp3) is 0.348. The van der Waals surface area contributed by atoms with Crippen molar-refractivity contribution in [3.8, 4) is 6.07 Å². The van der Waals surface area contributed by atoms with Gasteiger partial charge in [-0.15, -0.1) is 0 Å². The van der Waals surface area contributed by atoms with Gasteiger partial charge in [-0.25, -0.2) is 28.2 Å². The third kappa shape index (κ3) is 5.18. The smallest absolute Gasteiger partial charge is 0.356 e. The lowest BCUT2D eigenvalue weighted by Gasteiger charge is -2.34. The average molecular weight is 530 g/mol. The number of fused-ring (bicyclic) bond motifs is 1. The number of carbonyl (C=O) groups is 1. The van der Waals surface area contributed by atoms with Gasteiger partial charge in [0.25, 0.3) is 0 Å². The normalized spacial score (nSPS) is 15.5. The van der Waals surface area contributed by atoms with Crippen LogP contribution < -0.4 is 10.2 Å². The van der Waals surface area contributed by atoms with Crippen molar-refractivity contribution < 1.29 is 18.3 Å². The first-order valence-corrected chi connectivity index (χ1v) is 13.3. The van der Waals surface area contributed by atoms with Crippen LogP contribution in [0.25, 0.3) is 11.0 Å². The van der Waals surface area contributed by atoms with E-state index in [4.69, 9.17) is 16.6 Å². The van der Waals surface area contributed by atoms with Crippen LogP contribution in [0.2, 0.25) is 5.15 Å². The van der Waals surface area contributed by atoms with Crippen LogP contribution in [-0.2, 0) is 10.0 Å². The molecule has 0 spiro atoms. The van der Waals surface area contributed by atoms with E-state index in [0.29, 0.717) is 35.6 Å². The summed E-state index contributed by atoms with van der Waals surface area (Å²) in [5.74, 6) is -0.829. The van der Waals surface area contributed by atoms with Crippen molar-refractivity contribution >= 4 is 50.1 Å². The second kappa shape index (κ2) is 9.85. The molecular formula is C23H24ClN7O4S. The molecule has 13 heteroatoms. The number of nitrogens with one attached hydrogen (secondary N) is 1. The molecule has 1 fully saturated rings. The average Bonchev–Trinajstić information content (AvgIpc) is 2.83. The highest BCUT2D eigenvalue weighted by Crippen LogP contribution is 2.31. The van der Waals surface area contributed by atoms with E-state index in [0.717, 1.165) is 11.1 Å². The number of piperazine rings is 1. The number of hydrogen-bond acceptors (Lipinski definition) is 9. The summed E-state index contributed by atoms with van der Waals surface area (Å²) in [6, 6.07) is 8.53. The van der Waals surface area contributed by atoms with Crippen molar-refractivity contribution in [1.29, 1.82) is 5.26 Å². The standard InChI is InChI=1S/C23H24ClN7O4S/c1-13-10-15(14(2)26-16-4-5-19(24)28-21(16)23(32)33)20-17(11-13)27-18(12-25)22(29-20)30-6-8-31(9-7-30)36(3,34)35/h4-5,10-11,14,26H,6-9H2,1-3H3,(H,32,33)/t14-/m1/s1. The van der Waals surface area contributed by atoms with Crippen molar-refractivity contribution in [2.24, 2.45) is 0 Å². The maximum Gasteiger partial charge on any atom is 0.356 e. The summed E-state index contributed by atoms with van der Waals surface area (Å²) in [6.07, 6.45) is 1.17. The first-order valence-electron chi connectivity index (χ1n) is 11.1. The van der Waals surface area contributed by atoms with E-state index in [1.165, 1.54) is 16.6 Å². The van der Waals surface area contributed by atoms with Gasteiger partial charge in [0.05, 0.1) is 29.0 Å². The number of aromatic nitrogens is 3. The molecule has 2 N–H and O–H groups in total. The number of rotatable bonds is 6. The van der Waals surface area contributed by atoms with Gasteiger partial charge in [-0.1, -0.05) is 17.7 Å². The quantitative estimate of drug-likeness (QED) is 0.456. The predicted octanol–water partition coefficient (Wildman–Crippen LogP) is 2.81. The molecule has 1 saturated heterocycles. The Bertz CT molecular complexity index is 1500. The summed E-state index contributed by atoms with van der Waals surface area (Å²) < 4.78 is 25.2. The number of aromatic carboxylic acids is 1. The Balaban J connectivity index is 1.74. The molecule has 3 heterocycles. The van der Waals surface area contributed by atoms with Crippen LogP contribution in [0.5, 0.6) is 0 Å². The summed E-state index contributed by atoms with van der Waals surface area (Å²) in [5, 5.41) is 22.6. The van der Waals surface area contributed by atoms with Crippen LogP contribution in [0, 0.1) is 18.3 Å². The number of carboxylic acid groups (broad SMARTS) is 1. The lowest BCUT2D eigenvalue weighted by Crippen LogP contribution is -2.48. The zero-order valence-corrected chi connectivity index (χ0v) is 21.4. The molecule has 0 radical (unpaired) electrons. The largest absolute Gasteiger partial charge is 0.476 e. The number of nitrogens with zero attached hydrogens (tertiary/aromatic N) is 6. The molecule has 1 aliphatic heterocycles. The first-order chi connectivity index (χ1) is 17.0. The Labute approximate surface area is 213 Å². The molecule has 0 unspecified atom stereocenters. The van der Waals surface area contributed by atoms with Crippen LogP contribution in [0.3, 0.4) is 0 Å². The predicted molar refractivity (Wildman–Crippen MR) is 136 cm³/mol. The Morgan fingerprint density at radius 1 is 1.19 bits per heavy atom. The van der Waals surface area contributed by atoms with Crippen molar-refractivity contribution in [3.05, 3.63) is 51.9 Å². The fourth-order valence-electron chi connectivity index (χ4n) is 4.21. The van der Waals surface area contributed by atoms with E-state index in [9.17, 15) is 23.6 Å². The molecule has 0 aliphatic carbocycles. The summed E-state index contributed by atoms with van der Waals surface area (Å²) in [4.78, 5) is 26.8. The second-order valence-electron chi connectivity index (χ2n) is 8.58. The number of halogens is 1. The van der Waals surface area contributed by atoms with E-state index < -0.39 is 22.0 Å². The highest BCUT2D eigenvalue weighted by atomic mass is 35.5. The van der Waals surface area contributed by atoms with Gasteiger partial charge in [0.1, 0.15) is 11.2 Å². The molecule has 0 amide bonds. The van der Waals surface area contributed by atoms with Gasteiger partial charge in [-0.3, -0.25) is 0 Å². The zero-order valence-electron chi connectivity index (χ0n) is 19.9. The summed E-state index contributed by atoms with van der Waals surface area (Å²) >= 11 is 5.88. The van der Waals surface area contributed by atoms with Gasteiger partial charge < -0.3 is 15.3 Å². The van der Waals surface area contributed by atoms with Crippen LogP contribution in [-0.4, -0.2) is 71.2 Å². The molecule has 3 aromatic rings. The molecule has 36 heavy (non-hydrogen) atoms. The molecule has 4 rings (SSSR count). The number of sulfonamides is 1. The molecule has 0 bridgehead atoms. The molecule has 188 valence electrons. The monoisotopic (exact) mass is 529 g/mol. The third-order valence-corrected chi connectivity index (χ3v) is 7.45. The van der Waals surface area contributed by atoms with Crippen molar-refractivity contribution in [2.45, 2.75) is 19.9 Å². The van der Waals surface area contributed by atoms with Gasteiger partial charge >= 0.3 is 5.97 Å². The van der Waals surface area contributed by atoms with Crippen LogP contribution in [0.4, 0.5) is 11.5 Å². The van der Waals surface area contributed by atoms with E-state index >= 15 is 0 Å². The minimum atomic E-state index is -3.30. The number of benzene rings is 1. The Morgan fingerprint density at radius 3 is 2.50 bits per heavy atom. The minimum Gasteiger partial charge on any atom is -0.476 e. The van der Waals surface area contributed by atoms with Crippen LogP contribution >= 0.6 is 11.6 Å². The number of hydrogen-bond donors (Lipinski definition) is 2. The molecule has 11 nitrogen and oxygen atoms in total. The molecule has 0 saturated carbocycles. The maximum absolute atomic E-state index is 11.9. The van der Waals surface area contributed by atoms with Crippen LogP contribution in [0.15, 0.2) is 24.3 Å². The SMILES string of the molecule is Cc1cc([C@@H](C)Nc2ccc(Cl)nc2C(=O)O)c2nc(N3CCN(S(C)(=O)=O)CC3)c(C#N)nc2c1.